The van der Waals surface area contributed by atoms with Crippen LogP contribution < -0.4 is 5.32 Å². The molecule has 1 N–H and O–H groups in total. The van der Waals surface area contributed by atoms with E-state index in [0.29, 0.717) is 6.04 Å². The Balaban J connectivity index is 2.15. The van der Waals surface area contributed by atoms with E-state index in [1.165, 1.54) is 47.7 Å². The third-order valence-electron chi connectivity index (χ3n) is 4.00. The van der Waals surface area contributed by atoms with Gasteiger partial charge in [-0.15, -0.1) is 11.3 Å². The molecule has 0 bridgehead atoms. The Morgan fingerprint density at radius 3 is 2.61 bits per heavy atom. The second-order valence-electron chi connectivity index (χ2n) is 5.38. The van der Waals surface area contributed by atoms with E-state index in [0.717, 1.165) is 18.9 Å². The van der Waals surface area contributed by atoms with Gasteiger partial charge in [-0.25, -0.2) is 4.98 Å². The van der Waals surface area contributed by atoms with E-state index in [4.69, 9.17) is 4.98 Å². The molecule has 0 aromatic carbocycles. The number of rotatable bonds is 6. The van der Waals surface area contributed by atoms with Crippen molar-refractivity contribution in [2.45, 2.75) is 65.3 Å². The van der Waals surface area contributed by atoms with Crippen molar-refractivity contribution in [2.75, 3.05) is 6.54 Å². The molecule has 0 saturated heterocycles. The van der Waals surface area contributed by atoms with E-state index in [1.54, 1.807) is 0 Å². The number of aryl methyl sites for hydroxylation is 2. The molecule has 1 saturated carbocycles. The number of aromatic nitrogens is 1. The highest BCUT2D eigenvalue weighted by Gasteiger charge is 2.28. The lowest BCUT2D eigenvalue weighted by Crippen LogP contribution is -2.27. The SMILES string of the molecule is CCCNC(c1nc(CC)c(C)s1)C1CCCC1. The van der Waals surface area contributed by atoms with E-state index in [2.05, 4.69) is 26.1 Å². The molecule has 2 nitrogen and oxygen atoms in total. The van der Waals surface area contributed by atoms with Gasteiger partial charge in [-0.1, -0.05) is 26.7 Å². The van der Waals surface area contributed by atoms with Crippen LogP contribution in [0.5, 0.6) is 0 Å². The summed E-state index contributed by atoms with van der Waals surface area (Å²) in [6.07, 6.45) is 7.82. The molecule has 18 heavy (non-hydrogen) atoms. The number of nitrogens with zero attached hydrogens (tertiary/aromatic N) is 1. The smallest absolute Gasteiger partial charge is 0.110 e. The number of nitrogens with one attached hydrogen (secondary N) is 1. The second-order valence-corrected chi connectivity index (χ2v) is 6.62. The maximum atomic E-state index is 4.88. The summed E-state index contributed by atoms with van der Waals surface area (Å²) < 4.78 is 0. The van der Waals surface area contributed by atoms with Crippen LogP contribution in [0.4, 0.5) is 0 Å². The molecule has 1 atom stereocenters. The summed E-state index contributed by atoms with van der Waals surface area (Å²) >= 11 is 1.91. The van der Waals surface area contributed by atoms with E-state index >= 15 is 0 Å². The summed E-state index contributed by atoms with van der Waals surface area (Å²) in [5, 5.41) is 5.08. The highest BCUT2D eigenvalue weighted by Crippen LogP contribution is 2.37. The first kappa shape index (κ1) is 14.0. The van der Waals surface area contributed by atoms with E-state index in [9.17, 15) is 0 Å². The van der Waals surface area contributed by atoms with Crippen LogP contribution in [0, 0.1) is 12.8 Å². The van der Waals surface area contributed by atoms with Crippen LogP contribution >= 0.6 is 11.3 Å². The Hall–Kier alpha value is -0.410. The summed E-state index contributed by atoms with van der Waals surface area (Å²) in [6, 6.07) is 0.511. The molecule has 1 fully saturated rings. The van der Waals surface area contributed by atoms with Crippen molar-refractivity contribution in [3.8, 4) is 0 Å². The van der Waals surface area contributed by atoms with Crippen LogP contribution in [0.1, 0.15) is 67.6 Å². The summed E-state index contributed by atoms with van der Waals surface area (Å²) in [5.41, 5.74) is 1.30. The first-order chi connectivity index (χ1) is 8.76. The molecular formula is C15H26N2S. The topological polar surface area (TPSA) is 24.9 Å². The summed E-state index contributed by atoms with van der Waals surface area (Å²) in [5.74, 6) is 0.812. The maximum absolute atomic E-state index is 4.88. The number of thiazole rings is 1. The van der Waals surface area contributed by atoms with E-state index in [1.807, 2.05) is 11.3 Å². The fraction of sp³-hybridized carbons (Fsp3) is 0.800. The summed E-state index contributed by atoms with van der Waals surface area (Å²) in [4.78, 5) is 6.29. The largest absolute Gasteiger partial charge is 0.308 e. The number of hydrogen-bond donors (Lipinski definition) is 1. The molecule has 1 unspecified atom stereocenters. The molecule has 1 heterocycles. The summed E-state index contributed by atoms with van der Waals surface area (Å²) in [7, 11) is 0. The van der Waals surface area contributed by atoms with Gasteiger partial charge in [-0.05, 0) is 45.1 Å². The van der Waals surface area contributed by atoms with Gasteiger partial charge in [0.25, 0.3) is 0 Å². The monoisotopic (exact) mass is 266 g/mol. The molecule has 2 rings (SSSR count). The lowest BCUT2D eigenvalue weighted by atomic mass is 9.98. The zero-order valence-electron chi connectivity index (χ0n) is 12.0. The van der Waals surface area contributed by atoms with Gasteiger partial charge in [0.15, 0.2) is 0 Å². The van der Waals surface area contributed by atoms with Crippen LogP contribution in [0.2, 0.25) is 0 Å². The molecule has 3 heteroatoms. The van der Waals surface area contributed by atoms with Gasteiger partial charge in [0.2, 0.25) is 0 Å². The van der Waals surface area contributed by atoms with Crippen LogP contribution in [0.15, 0.2) is 0 Å². The minimum Gasteiger partial charge on any atom is -0.308 e. The zero-order valence-corrected chi connectivity index (χ0v) is 12.8. The average Bonchev–Trinajstić information content (AvgIpc) is 3.00. The molecule has 0 aliphatic heterocycles. The van der Waals surface area contributed by atoms with Crippen LogP contribution in [-0.2, 0) is 6.42 Å². The third-order valence-corrected chi connectivity index (χ3v) is 5.09. The fourth-order valence-corrected chi connectivity index (χ4v) is 4.14. The van der Waals surface area contributed by atoms with Gasteiger partial charge in [0.05, 0.1) is 11.7 Å². The number of hydrogen-bond acceptors (Lipinski definition) is 3. The van der Waals surface area contributed by atoms with Gasteiger partial charge >= 0.3 is 0 Å². The normalized spacial score (nSPS) is 18.4. The molecule has 0 spiro atoms. The third kappa shape index (κ3) is 3.12. The van der Waals surface area contributed by atoms with Gasteiger partial charge in [-0.3, -0.25) is 0 Å². The molecule has 0 amide bonds. The van der Waals surface area contributed by atoms with Crippen LogP contribution in [0.3, 0.4) is 0 Å². The molecular weight excluding hydrogens is 240 g/mol. The van der Waals surface area contributed by atoms with Crippen LogP contribution in [0.25, 0.3) is 0 Å². The Morgan fingerprint density at radius 2 is 2.06 bits per heavy atom. The van der Waals surface area contributed by atoms with Crippen molar-refractivity contribution in [1.82, 2.24) is 10.3 Å². The molecule has 1 aliphatic rings. The Kier molecular flexibility index (Phi) is 5.19. The minimum absolute atomic E-state index is 0.511. The minimum atomic E-state index is 0.511. The van der Waals surface area contributed by atoms with Crippen molar-refractivity contribution in [1.29, 1.82) is 0 Å². The lowest BCUT2D eigenvalue weighted by Gasteiger charge is -2.22. The maximum Gasteiger partial charge on any atom is 0.110 e. The standard InChI is InChI=1S/C15H26N2S/c1-4-10-16-14(12-8-6-7-9-12)15-17-13(5-2)11(3)18-15/h12,14,16H,4-10H2,1-3H3. The van der Waals surface area contributed by atoms with Crippen molar-refractivity contribution in [3.63, 3.8) is 0 Å². The molecule has 1 aliphatic carbocycles. The first-order valence-corrected chi connectivity index (χ1v) is 8.27. The molecule has 0 radical (unpaired) electrons. The quantitative estimate of drug-likeness (QED) is 0.833. The van der Waals surface area contributed by atoms with Gasteiger partial charge < -0.3 is 5.32 Å². The fourth-order valence-electron chi connectivity index (χ4n) is 2.96. The Morgan fingerprint density at radius 1 is 1.33 bits per heavy atom. The van der Waals surface area contributed by atoms with Crippen molar-refractivity contribution in [2.24, 2.45) is 5.92 Å². The van der Waals surface area contributed by atoms with Crippen molar-refractivity contribution < 1.29 is 0 Å². The van der Waals surface area contributed by atoms with E-state index < -0.39 is 0 Å². The highest BCUT2D eigenvalue weighted by atomic mass is 32.1. The Labute approximate surface area is 115 Å². The average molecular weight is 266 g/mol. The zero-order chi connectivity index (χ0) is 13.0. The summed E-state index contributed by atoms with van der Waals surface area (Å²) in [6.45, 7) is 7.77. The molecule has 1 aromatic rings. The van der Waals surface area contributed by atoms with Crippen LogP contribution in [-0.4, -0.2) is 11.5 Å². The van der Waals surface area contributed by atoms with Crippen molar-refractivity contribution in [3.05, 3.63) is 15.6 Å². The molecule has 1 aromatic heterocycles. The van der Waals surface area contributed by atoms with Gasteiger partial charge in [0.1, 0.15) is 5.01 Å². The second kappa shape index (κ2) is 6.67. The molecule has 102 valence electrons. The van der Waals surface area contributed by atoms with Crippen molar-refractivity contribution >= 4 is 11.3 Å². The van der Waals surface area contributed by atoms with E-state index in [-0.39, 0.29) is 0 Å². The van der Waals surface area contributed by atoms with Gasteiger partial charge in [0, 0.05) is 4.88 Å². The predicted octanol–water partition coefficient (Wildman–Crippen LogP) is 4.24. The first-order valence-electron chi connectivity index (χ1n) is 7.45. The Bertz CT molecular complexity index is 367. The highest BCUT2D eigenvalue weighted by molar-refractivity contribution is 7.11. The van der Waals surface area contributed by atoms with Gasteiger partial charge in [-0.2, -0.15) is 0 Å². The predicted molar refractivity (Wildman–Crippen MR) is 79.2 cm³/mol. The lowest BCUT2D eigenvalue weighted by molar-refractivity contribution is 0.367.